The van der Waals surface area contributed by atoms with Crippen molar-refractivity contribution < 1.29 is 13.9 Å². The van der Waals surface area contributed by atoms with Crippen LogP contribution in [0, 0.1) is 42.9 Å². The van der Waals surface area contributed by atoms with Crippen molar-refractivity contribution in [2.75, 3.05) is 0 Å². The van der Waals surface area contributed by atoms with E-state index in [0.717, 1.165) is 40.4 Å². The van der Waals surface area contributed by atoms with Crippen LogP contribution in [0.1, 0.15) is 67.2 Å². The van der Waals surface area contributed by atoms with Gasteiger partial charge in [0.2, 0.25) is 5.30 Å². The number of benzene rings is 2. The van der Waals surface area contributed by atoms with E-state index in [1.165, 1.54) is 12.5 Å². The summed E-state index contributed by atoms with van der Waals surface area (Å²) in [5.41, 5.74) is 9.28. The number of carbonyl (C=O) groups excluding carboxylic acids is 1. The number of fused-ring (bicyclic) bond motifs is 1. The monoisotopic (exact) mass is 630 g/mol. The number of halogens is 2. The van der Waals surface area contributed by atoms with Gasteiger partial charge in [0.05, 0.1) is 10.5 Å². The predicted octanol–water partition coefficient (Wildman–Crippen LogP) is 8.37. The maximum Gasteiger partial charge on any atom is 0.549 e. The standard InChI is InChI=1S/C20H27NO2P.C10H8BrClN2O/c1-14(2)19-8-7-15(3)12-20(19)23-24(22)18-11-16(4)10-17(13-18)6-5-9-21;1-4-5(12)2-3-6-7(4)8(11)9(14-6)10(13)15/h5-6,10-11,13-15,19-20H,7-8,12H2,1-4H3;2-3,14H,1H3,(H2,13,15)/q+1;/b6-5+;. The number of rotatable bonds is 6. The molecular weight excluding hydrogens is 597 g/mol. The van der Waals surface area contributed by atoms with Gasteiger partial charge in [0.15, 0.2) is 0 Å². The van der Waals surface area contributed by atoms with E-state index >= 15 is 0 Å². The van der Waals surface area contributed by atoms with Crippen LogP contribution in [-0.4, -0.2) is 17.0 Å². The number of nitriles is 1. The molecule has 0 aliphatic heterocycles. The quantitative estimate of drug-likeness (QED) is 0.210. The number of aromatic amines is 1. The number of H-pyrrole nitrogens is 1. The lowest BCUT2D eigenvalue weighted by Crippen LogP contribution is -2.33. The van der Waals surface area contributed by atoms with Crippen molar-refractivity contribution in [1.82, 2.24) is 4.98 Å². The highest BCUT2D eigenvalue weighted by Crippen LogP contribution is 2.40. The van der Waals surface area contributed by atoms with Crippen LogP contribution in [0.25, 0.3) is 17.0 Å². The second kappa shape index (κ2) is 13.7. The molecule has 1 amide bonds. The van der Waals surface area contributed by atoms with Crippen LogP contribution in [-0.2, 0) is 9.09 Å². The molecule has 39 heavy (non-hydrogen) atoms. The van der Waals surface area contributed by atoms with E-state index in [-0.39, 0.29) is 6.10 Å². The summed E-state index contributed by atoms with van der Waals surface area (Å²) >= 11 is 9.34. The molecule has 4 unspecified atom stereocenters. The zero-order chi connectivity index (χ0) is 28.9. The Morgan fingerprint density at radius 2 is 2.00 bits per heavy atom. The Morgan fingerprint density at radius 3 is 2.64 bits per heavy atom. The van der Waals surface area contributed by atoms with E-state index in [1.807, 2.05) is 44.2 Å². The normalized spacial score (nSPS) is 19.6. The van der Waals surface area contributed by atoms with Gasteiger partial charge in [-0.3, -0.25) is 4.79 Å². The molecule has 4 atom stereocenters. The molecule has 3 aromatic rings. The molecule has 0 bridgehead atoms. The minimum atomic E-state index is -1.88. The van der Waals surface area contributed by atoms with Crippen LogP contribution in [0.5, 0.6) is 0 Å². The first-order valence-electron chi connectivity index (χ1n) is 13.0. The number of nitrogens with two attached hydrogens (primary N) is 1. The highest BCUT2D eigenvalue weighted by Gasteiger charge is 2.38. The lowest BCUT2D eigenvalue weighted by atomic mass is 9.75. The molecule has 0 spiro atoms. The molecule has 1 saturated carbocycles. The molecule has 6 nitrogen and oxygen atoms in total. The summed E-state index contributed by atoms with van der Waals surface area (Å²) in [5, 5.41) is 11.0. The van der Waals surface area contributed by atoms with Crippen LogP contribution in [0.15, 0.2) is 40.9 Å². The zero-order valence-corrected chi connectivity index (χ0v) is 26.2. The van der Waals surface area contributed by atoms with Gasteiger partial charge in [0.1, 0.15) is 11.8 Å². The van der Waals surface area contributed by atoms with E-state index in [2.05, 4.69) is 41.7 Å². The zero-order valence-electron chi connectivity index (χ0n) is 22.9. The fraction of sp³-hybridized carbons (Fsp3) is 0.400. The fourth-order valence-corrected chi connectivity index (χ4v) is 7.24. The average Bonchev–Trinajstić information content (AvgIpc) is 3.22. The summed E-state index contributed by atoms with van der Waals surface area (Å²) < 4.78 is 19.5. The third-order valence-corrected chi connectivity index (χ3v) is 9.53. The molecule has 4 rings (SSSR count). The lowest BCUT2D eigenvalue weighted by molar-refractivity contribution is 0.0538. The Morgan fingerprint density at radius 1 is 1.28 bits per heavy atom. The largest absolute Gasteiger partial charge is 0.549 e. The van der Waals surface area contributed by atoms with Crippen molar-refractivity contribution in [2.24, 2.45) is 23.5 Å². The lowest BCUT2D eigenvalue weighted by Gasteiger charge is -2.33. The minimum Gasteiger partial charge on any atom is -0.364 e. The van der Waals surface area contributed by atoms with Crippen LogP contribution in [0.3, 0.4) is 0 Å². The van der Waals surface area contributed by atoms with Crippen molar-refractivity contribution in [1.29, 1.82) is 5.26 Å². The Labute approximate surface area is 244 Å². The minimum absolute atomic E-state index is 0.0657. The van der Waals surface area contributed by atoms with Crippen molar-refractivity contribution >= 4 is 63.7 Å². The number of hydrogen-bond acceptors (Lipinski definition) is 4. The van der Waals surface area contributed by atoms with Crippen molar-refractivity contribution in [3.63, 3.8) is 0 Å². The molecule has 206 valence electrons. The number of nitrogens with zero attached hydrogens (tertiary/aromatic N) is 1. The van der Waals surface area contributed by atoms with Crippen LogP contribution in [0.4, 0.5) is 0 Å². The fourth-order valence-electron chi connectivity index (χ4n) is 5.10. The van der Waals surface area contributed by atoms with Gasteiger partial charge in [-0.2, -0.15) is 5.26 Å². The van der Waals surface area contributed by atoms with Gasteiger partial charge < -0.3 is 10.7 Å². The Hall–Kier alpha value is -2.49. The molecule has 1 aliphatic rings. The summed E-state index contributed by atoms with van der Waals surface area (Å²) in [6, 6.07) is 11.3. The van der Waals surface area contributed by atoms with Gasteiger partial charge in [-0.1, -0.05) is 44.9 Å². The molecule has 1 heterocycles. The molecule has 1 aromatic heterocycles. The molecule has 3 N–H and O–H groups in total. The SMILES string of the molecule is Cc1c(Cl)ccc2[nH]c(C(N)=O)c(Br)c12.Cc1cc(/C=C/C#N)cc([P+](=O)OC2CC(C)CCC2C(C)C)c1. The summed E-state index contributed by atoms with van der Waals surface area (Å²) in [6.45, 7) is 10.6. The third-order valence-electron chi connectivity index (χ3n) is 7.18. The van der Waals surface area contributed by atoms with E-state index < -0.39 is 13.9 Å². The number of aryl methyl sites for hydroxylation is 2. The van der Waals surface area contributed by atoms with Crippen LogP contribution < -0.4 is 11.0 Å². The Kier molecular flexibility index (Phi) is 10.9. The molecule has 1 fully saturated rings. The predicted molar refractivity (Wildman–Crippen MR) is 164 cm³/mol. The van der Waals surface area contributed by atoms with E-state index in [1.54, 1.807) is 12.1 Å². The summed E-state index contributed by atoms with van der Waals surface area (Å²) in [7, 11) is -1.88. The van der Waals surface area contributed by atoms with Gasteiger partial charge in [0, 0.05) is 28.1 Å². The van der Waals surface area contributed by atoms with Gasteiger partial charge in [-0.15, -0.1) is 4.52 Å². The molecule has 0 saturated heterocycles. The highest BCUT2D eigenvalue weighted by molar-refractivity contribution is 9.10. The second-order valence-corrected chi connectivity index (χ2v) is 13.0. The van der Waals surface area contributed by atoms with Gasteiger partial charge in [-0.05, 0) is 106 Å². The van der Waals surface area contributed by atoms with E-state index in [9.17, 15) is 9.36 Å². The molecule has 2 aromatic carbocycles. The van der Waals surface area contributed by atoms with E-state index in [4.69, 9.17) is 27.1 Å². The maximum absolute atomic E-state index is 12.8. The van der Waals surface area contributed by atoms with Crippen LogP contribution >= 0.6 is 35.6 Å². The first-order valence-corrected chi connectivity index (χ1v) is 15.4. The molecule has 1 aliphatic carbocycles. The summed E-state index contributed by atoms with van der Waals surface area (Å²) in [5.74, 6) is 1.15. The van der Waals surface area contributed by atoms with Crippen molar-refractivity contribution in [2.45, 2.75) is 60.0 Å². The number of amides is 1. The van der Waals surface area contributed by atoms with Crippen molar-refractivity contribution in [3.05, 3.63) is 68.3 Å². The number of carbonyl (C=O) groups is 1. The molecule has 9 heteroatoms. The smallest absolute Gasteiger partial charge is 0.364 e. The first-order chi connectivity index (χ1) is 18.4. The van der Waals surface area contributed by atoms with Gasteiger partial charge >= 0.3 is 8.03 Å². The number of nitrogens with one attached hydrogen (secondary N) is 1. The Bertz CT molecular complexity index is 1440. The summed E-state index contributed by atoms with van der Waals surface area (Å²) in [6.07, 6.45) is 6.60. The van der Waals surface area contributed by atoms with Gasteiger partial charge in [-0.25, -0.2) is 0 Å². The topological polar surface area (TPSA) is 109 Å². The van der Waals surface area contributed by atoms with Crippen molar-refractivity contribution in [3.8, 4) is 6.07 Å². The molecule has 0 radical (unpaired) electrons. The third kappa shape index (κ3) is 7.80. The van der Waals surface area contributed by atoms with Crippen LogP contribution in [0.2, 0.25) is 5.02 Å². The van der Waals surface area contributed by atoms with Gasteiger partial charge in [0.25, 0.3) is 5.91 Å². The first kappa shape index (κ1) is 31.0. The number of hydrogen-bond donors (Lipinski definition) is 2. The number of allylic oxidation sites excluding steroid dienone is 1. The number of primary amides is 1. The Balaban J connectivity index is 0.000000239. The number of aromatic nitrogens is 1. The van der Waals surface area contributed by atoms with E-state index in [0.29, 0.717) is 38.2 Å². The maximum atomic E-state index is 12.8. The highest BCUT2D eigenvalue weighted by atomic mass is 79.9. The second-order valence-electron chi connectivity index (χ2n) is 10.6. The average molecular weight is 632 g/mol. The summed E-state index contributed by atoms with van der Waals surface area (Å²) in [4.78, 5) is 14.1. The molecular formula is C30H35BrClN3O3P+.